The van der Waals surface area contributed by atoms with Crippen LogP contribution in [0.15, 0.2) is 30.3 Å². The van der Waals surface area contributed by atoms with Crippen LogP contribution in [-0.4, -0.2) is 48.1 Å². The van der Waals surface area contributed by atoms with E-state index >= 15 is 0 Å². The van der Waals surface area contributed by atoms with Crippen molar-refractivity contribution in [3.8, 4) is 0 Å². The zero-order chi connectivity index (χ0) is 15.9. The van der Waals surface area contributed by atoms with Crippen LogP contribution in [-0.2, 0) is 4.79 Å². The third kappa shape index (κ3) is 7.36. The second-order valence-electron chi connectivity index (χ2n) is 6.20. The summed E-state index contributed by atoms with van der Waals surface area (Å²) >= 11 is 0. The largest absolute Gasteiger partial charge is 0.387 e. The van der Waals surface area contributed by atoms with Crippen molar-refractivity contribution < 1.29 is 9.90 Å². The molecule has 1 heterocycles. The molecule has 4 N–H and O–H groups in total. The van der Waals surface area contributed by atoms with Gasteiger partial charge in [0.2, 0.25) is 5.91 Å². The Morgan fingerprint density at radius 1 is 1.29 bits per heavy atom. The SMILES string of the molecule is CC(N)C(=O)NCC1CCN(CC(O)c2ccccc2)CC1.Cl.Cl. The molecule has 0 spiro atoms. The van der Waals surface area contributed by atoms with Gasteiger partial charge in [0.05, 0.1) is 12.1 Å². The number of aliphatic hydroxyl groups is 1. The number of hydrogen-bond acceptors (Lipinski definition) is 4. The van der Waals surface area contributed by atoms with Gasteiger partial charge in [-0.3, -0.25) is 4.79 Å². The number of β-amino-alcohol motifs (C(OH)–C–C–N with tert-alkyl or cyclic N) is 1. The fourth-order valence-corrected chi connectivity index (χ4v) is 2.80. The summed E-state index contributed by atoms with van der Waals surface area (Å²) in [6.07, 6.45) is 1.65. The molecule has 0 aromatic heterocycles. The standard InChI is InChI=1S/C17H27N3O2.2ClH/c1-13(18)17(22)19-11-14-7-9-20(10-8-14)12-16(21)15-5-3-2-4-6-15;;/h2-6,13-14,16,21H,7-12,18H2,1H3,(H,19,22);2*1H. The van der Waals surface area contributed by atoms with Gasteiger partial charge in [0, 0.05) is 13.1 Å². The van der Waals surface area contributed by atoms with Crippen LogP contribution in [0.1, 0.15) is 31.4 Å². The highest BCUT2D eigenvalue weighted by Crippen LogP contribution is 2.20. The molecule has 1 aromatic rings. The number of nitrogens with two attached hydrogens (primary N) is 1. The Kier molecular flexibility index (Phi) is 11.2. The van der Waals surface area contributed by atoms with E-state index in [1.807, 2.05) is 30.3 Å². The lowest BCUT2D eigenvalue weighted by Gasteiger charge is -2.33. The Labute approximate surface area is 156 Å². The van der Waals surface area contributed by atoms with E-state index < -0.39 is 12.1 Å². The minimum Gasteiger partial charge on any atom is -0.387 e. The molecule has 1 saturated heterocycles. The number of carbonyl (C=O) groups excluding carboxylic acids is 1. The summed E-state index contributed by atoms with van der Waals surface area (Å²) in [5, 5.41) is 13.2. The molecule has 1 aliphatic rings. The van der Waals surface area contributed by atoms with Crippen molar-refractivity contribution >= 4 is 30.7 Å². The van der Waals surface area contributed by atoms with Crippen molar-refractivity contribution in [2.75, 3.05) is 26.2 Å². The number of benzene rings is 1. The molecule has 138 valence electrons. The summed E-state index contributed by atoms with van der Waals surface area (Å²) in [6, 6.07) is 9.33. The van der Waals surface area contributed by atoms with Gasteiger partial charge in [-0.05, 0) is 44.3 Å². The van der Waals surface area contributed by atoms with Crippen LogP contribution < -0.4 is 11.1 Å². The van der Waals surface area contributed by atoms with E-state index in [-0.39, 0.29) is 30.7 Å². The molecule has 2 rings (SSSR count). The van der Waals surface area contributed by atoms with Gasteiger partial charge >= 0.3 is 0 Å². The lowest BCUT2D eigenvalue weighted by molar-refractivity contribution is -0.122. The number of likely N-dealkylation sites (tertiary alicyclic amines) is 1. The number of halogens is 2. The molecule has 5 nitrogen and oxygen atoms in total. The molecule has 1 fully saturated rings. The number of hydrogen-bond donors (Lipinski definition) is 3. The van der Waals surface area contributed by atoms with Gasteiger partial charge in [-0.1, -0.05) is 30.3 Å². The first kappa shape index (κ1) is 23.1. The summed E-state index contributed by atoms with van der Waals surface area (Å²) < 4.78 is 0. The van der Waals surface area contributed by atoms with Crippen LogP contribution in [0.25, 0.3) is 0 Å². The summed E-state index contributed by atoms with van der Waals surface area (Å²) in [5.74, 6) is 0.426. The average molecular weight is 378 g/mol. The van der Waals surface area contributed by atoms with Crippen LogP contribution in [0.3, 0.4) is 0 Å². The lowest BCUT2D eigenvalue weighted by Crippen LogP contribution is -2.43. The van der Waals surface area contributed by atoms with Gasteiger partial charge in [-0.15, -0.1) is 24.8 Å². The highest BCUT2D eigenvalue weighted by molar-refractivity contribution is 5.85. The number of piperidine rings is 1. The smallest absolute Gasteiger partial charge is 0.236 e. The molecule has 1 aliphatic heterocycles. The number of aliphatic hydroxyl groups excluding tert-OH is 1. The molecule has 7 heteroatoms. The van der Waals surface area contributed by atoms with Crippen LogP contribution in [0.2, 0.25) is 0 Å². The number of carbonyl (C=O) groups is 1. The maximum atomic E-state index is 11.5. The summed E-state index contributed by atoms with van der Waals surface area (Å²) in [7, 11) is 0. The highest BCUT2D eigenvalue weighted by atomic mass is 35.5. The average Bonchev–Trinajstić information content (AvgIpc) is 2.54. The monoisotopic (exact) mass is 377 g/mol. The Hall–Kier alpha value is -0.850. The first-order valence-corrected chi connectivity index (χ1v) is 8.05. The molecule has 24 heavy (non-hydrogen) atoms. The second kappa shape index (κ2) is 11.7. The van der Waals surface area contributed by atoms with Gasteiger partial charge in [-0.2, -0.15) is 0 Å². The topological polar surface area (TPSA) is 78.6 Å². The van der Waals surface area contributed by atoms with E-state index in [9.17, 15) is 9.90 Å². The van der Waals surface area contributed by atoms with Crippen molar-refractivity contribution in [1.29, 1.82) is 0 Å². The van der Waals surface area contributed by atoms with Crippen LogP contribution >= 0.6 is 24.8 Å². The van der Waals surface area contributed by atoms with E-state index in [1.54, 1.807) is 6.92 Å². The van der Waals surface area contributed by atoms with E-state index in [0.29, 0.717) is 19.0 Å². The minimum atomic E-state index is -0.443. The zero-order valence-electron chi connectivity index (χ0n) is 14.1. The molecule has 1 amide bonds. The molecule has 0 radical (unpaired) electrons. The summed E-state index contributed by atoms with van der Waals surface area (Å²) in [4.78, 5) is 13.8. The van der Waals surface area contributed by atoms with Gasteiger partial charge in [-0.25, -0.2) is 0 Å². The molecule has 0 bridgehead atoms. The van der Waals surface area contributed by atoms with Crippen LogP contribution in [0.5, 0.6) is 0 Å². The van der Waals surface area contributed by atoms with Gasteiger partial charge in [0.15, 0.2) is 0 Å². The Bertz CT molecular complexity index is 466. The number of amides is 1. The first-order valence-electron chi connectivity index (χ1n) is 8.05. The fraction of sp³-hybridized carbons (Fsp3) is 0.588. The molecule has 2 unspecified atom stereocenters. The fourth-order valence-electron chi connectivity index (χ4n) is 2.80. The quantitative estimate of drug-likeness (QED) is 0.705. The molecule has 0 aliphatic carbocycles. The zero-order valence-corrected chi connectivity index (χ0v) is 15.7. The van der Waals surface area contributed by atoms with Crippen LogP contribution in [0, 0.1) is 5.92 Å². The van der Waals surface area contributed by atoms with Gasteiger partial charge in [0.1, 0.15) is 0 Å². The lowest BCUT2D eigenvalue weighted by atomic mass is 9.96. The van der Waals surface area contributed by atoms with E-state index in [2.05, 4.69) is 10.2 Å². The van der Waals surface area contributed by atoms with Crippen molar-refractivity contribution in [3.05, 3.63) is 35.9 Å². The second-order valence-corrected chi connectivity index (χ2v) is 6.20. The molecular formula is C17H29Cl2N3O2. The number of nitrogens with one attached hydrogen (secondary N) is 1. The third-order valence-corrected chi connectivity index (χ3v) is 4.30. The molecule has 0 saturated carbocycles. The van der Waals surface area contributed by atoms with Gasteiger partial charge in [0.25, 0.3) is 0 Å². The highest BCUT2D eigenvalue weighted by Gasteiger charge is 2.22. The summed E-state index contributed by atoms with van der Waals surface area (Å²) in [5.41, 5.74) is 6.50. The summed E-state index contributed by atoms with van der Waals surface area (Å²) in [6.45, 7) is 4.99. The van der Waals surface area contributed by atoms with Crippen LogP contribution in [0.4, 0.5) is 0 Å². The number of rotatable bonds is 6. The molecular weight excluding hydrogens is 349 g/mol. The van der Waals surface area contributed by atoms with Crippen molar-refractivity contribution in [2.24, 2.45) is 11.7 Å². The van der Waals surface area contributed by atoms with E-state index in [0.717, 1.165) is 31.5 Å². The van der Waals surface area contributed by atoms with Gasteiger partial charge < -0.3 is 21.1 Å². The first-order chi connectivity index (χ1) is 10.6. The Morgan fingerprint density at radius 3 is 2.42 bits per heavy atom. The molecule has 2 atom stereocenters. The molecule has 1 aromatic carbocycles. The maximum absolute atomic E-state index is 11.5. The van der Waals surface area contributed by atoms with Crippen molar-refractivity contribution in [1.82, 2.24) is 10.2 Å². The van der Waals surface area contributed by atoms with E-state index in [4.69, 9.17) is 5.73 Å². The maximum Gasteiger partial charge on any atom is 0.236 e. The van der Waals surface area contributed by atoms with Crippen molar-refractivity contribution in [2.45, 2.75) is 31.9 Å². The van der Waals surface area contributed by atoms with E-state index in [1.165, 1.54) is 0 Å². The third-order valence-electron chi connectivity index (χ3n) is 4.30. The normalized spacial score (nSPS) is 18.0. The number of nitrogens with zero attached hydrogens (tertiary/aromatic N) is 1. The Morgan fingerprint density at radius 2 is 1.88 bits per heavy atom. The van der Waals surface area contributed by atoms with Crippen molar-refractivity contribution in [3.63, 3.8) is 0 Å². The predicted octanol–water partition coefficient (Wildman–Crippen LogP) is 1.74. The minimum absolute atomic E-state index is 0. The predicted molar refractivity (Wildman–Crippen MR) is 102 cm³/mol. The Balaban J connectivity index is 0.00000264.